The molecule has 11 heteroatoms. The molecule has 0 spiro atoms. The van der Waals surface area contributed by atoms with Crippen LogP contribution < -0.4 is 15.6 Å². The molecule has 1 N–H and O–H groups in total. The fourth-order valence-corrected chi connectivity index (χ4v) is 6.66. The van der Waals surface area contributed by atoms with Crippen LogP contribution in [0.5, 0.6) is 0 Å². The van der Waals surface area contributed by atoms with E-state index in [1.165, 1.54) is 41.1 Å². The molecule has 0 amide bonds. The molecule has 0 saturated heterocycles. The zero-order chi connectivity index (χ0) is 24.0. The molecule has 0 bridgehead atoms. The third-order valence-corrected chi connectivity index (χ3v) is 8.52. The lowest BCUT2D eigenvalue weighted by atomic mass is 10.0. The number of para-hydroxylation sites is 1. The Morgan fingerprint density at radius 1 is 1.12 bits per heavy atom. The monoisotopic (exact) mass is 497 g/mol. The first-order valence-corrected chi connectivity index (χ1v) is 12.7. The Kier molecular flexibility index (Phi) is 5.37. The number of benzene rings is 2. The van der Waals surface area contributed by atoms with Gasteiger partial charge in [-0.05, 0) is 42.7 Å². The van der Waals surface area contributed by atoms with Gasteiger partial charge in [0.2, 0.25) is 0 Å². The molecule has 2 aromatic carbocycles. The average Bonchev–Trinajstić information content (AvgIpc) is 3.27. The highest BCUT2D eigenvalue weighted by molar-refractivity contribution is 7.92. The molecule has 2 aromatic heterocycles. The highest BCUT2D eigenvalue weighted by Crippen LogP contribution is 2.32. The van der Waals surface area contributed by atoms with Crippen molar-refractivity contribution in [3.05, 3.63) is 85.2 Å². The van der Waals surface area contributed by atoms with E-state index >= 15 is 0 Å². The number of aryl methyl sites for hydroxylation is 1. The first-order valence-electron chi connectivity index (χ1n) is 10.4. The third-order valence-electron chi connectivity index (χ3n) is 5.75. The van der Waals surface area contributed by atoms with Gasteiger partial charge >= 0.3 is 11.7 Å². The van der Waals surface area contributed by atoms with Gasteiger partial charge in [-0.15, -0.1) is 11.3 Å². The van der Waals surface area contributed by atoms with E-state index in [4.69, 9.17) is 4.74 Å². The molecule has 4 aromatic rings. The fourth-order valence-electron chi connectivity index (χ4n) is 4.17. The van der Waals surface area contributed by atoms with E-state index in [1.807, 2.05) is 12.1 Å². The predicted molar refractivity (Wildman–Crippen MR) is 129 cm³/mol. The van der Waals surface area contributed by atoms with E-state index in [1.54, 1.807) is 12.1 Å². The Labute approximate surface area is 197 Å². The third kappa shape index (κ3) is 3.44. The number of carbonyl (C=O) groups excluding carboxylic acids is 1. The van der Waals surface area contributed by atoms with E-state index in [0.29, 0.717) is 18.7 Å². The van der Waals surface area contributed by atoms with Crippen molar-refractivity contribution in [1.82, 2.24) is 9.55 Å². The quantitative estimate of drug-likeness (QED) is 0.433. The second kappa shape index (κ2) is 8.26. The largest absolute Gasteiger partial charge is 0.465 e. The lowest BCUT2D eigenvalue weighted by Gasteiger charge is -2.30. The molecule has 0 radical (unpaired) electrons. The van der Waals surface area contributed by atoms with Crippen molar-refractivity contribution >= 4 is 43.9 Å². The van der Waals surface area contributed by atoms with Crippen LogP contribution in [0.25, 0.3) is 16.6 Å². The van der Waals surface area contributed by atoms with Crippen LogP contribution in [0.15, 0.2) is 68.4 Å². The van der Waals surface area contributed by atoms with Gasteiger partial charge in [-0.3, -0.25) is 9.10 Å². The summed E-state index contributed by atoms with van der Waals surface area (Å²) in [7, 11) is -2.76. The number of H-pyrrole nitrogens is 1. The predicted octanol–water partition coefficient (Wildman–Crippen LogP) is 2.67. The van der Waals surface area contributed by atoms with Gasteiger partial charge in [0, 0.05) is 11.9 Å². The van der Waals surface area contributed by atoms with Crippen molar-refractivity contribution in [2.75, 3.05) is 18.0 Å². The topological polar surface area (TPSA) is 119 Å². The van der Waals surface area contributed by atoms with Gasteiger partial charge in [-0.1, -0.05) is 24.3 Å². The van der Waals surface area contributed by atoms with Gasteiger partial charge in [0.15, 0.2) is 0 Å². The normalized spacial score (nSPS) is 13.6. The zero-order valence-electron chi connectivity index (χ0n) is 18.0. The summed E-state index contributed by atoms with van der Waals surface area (Å²) >= 11 is 0.981. The number of sulfonamides is 1. The number of nitrogens with one attached hydrogen (secondary N) is 1. The molecule has 3 heterocycles. The maximum Gasteiger partial charge on any atom is 0.348 e. The van der Waals surface area contributed by atoms with Crippen molar-refractivity contribution in [1.29, 1.82) is 0 Å². The number of ether oxygens (including phenoxy) is 1. The van der Waals surface area contributed by atoms with E-state index < -0.39 is 27.2 Å². The molecule has 0 aliphatic carbocycles. The fraction of sp³-hybridized carbons (Fsp3) is 0.174. The molecule has 34 heavy (non-hydrogen) atoms. The van der Waals surface area contributed by atoms with Crippen LogP contribution in [0.4, 0.5) is 5.69 Å². The molecular weight excluding hydrogens is 478 g/mol. The molecule has 0 unspecified atom stereocenters. The van der Waals surface area contributed by atoms with Crippen molar-refractivity contribution in [3.63, 3.8) is 0 Å². The number of carbonyl (C=O) groups is 1. The van der Waals surface area contributed by atoms with Gasteiger partial charge in [-0.25, -0.2) is 22.6 Å². The Morgan fingerprint density at radius 2 is 1.91 bits per heavy atom. The van der Waals surface area contributed by atoms with Crippen molar-refractivity contribution in [3.8, 4) is 5.69 Å². The Bertz CT molecular complexity index is 1670. The first kappa shape index (κ1) is 22.1. The summed E-state index contributed by atoms with van der Waals surface area (Å²) in [5.74, 6) is -0.698. The first-order chi connectivity index (χ1) is 16.3. The van der Waals surface area contributed by atoms with Gasteiger partial charge < -0.3 is 9.72 Å². The number of aromatic amines is 1. The number of hydrogen-bond donors (Lipinski definition) is 1. The summed E-state index contributed by atoms with van der Waals surface area (Å²) in [6.07, 6.45) is 1.47. The number of anilines is 1. The van der Waals surface area contributed by atoms with Crippen LogP contribution >= 0.6 is 11.3 Å². The van der Waals surface area contributed by atoms with E-state index in [9.17, 15) is 22.8 Å². The number of hydrogen-bond acceptors (Lipinski definition) is 7. The summed E-state index contributed by atoms with van der Waals surface area (Å²) in [5.41, 5.74) is 0.366. The summed E-state index contributed by atoms with van der Waals surface area (Å²) in [4.78, 5) is 40.7. The molecule has 0 saturated carbocycles. The van der Waals surface area contributed by atoms with Gasteiger partial charge in [0.25, 0.3) is 15.6 Å². The standard InChI is InChI=1S/C23H19N3O6S2/c1-32-22(28)20-19-17(13-33-20)24-23(29)26(21(19)27)15-8-4-9-16(12-15)34(30,31)25-11-5-7-14-6-2-3-10-18(14)25/h2-4,6,8-10,12-13H,5,7,11H2,1H3,(H,24,29). The van der Waals surface area contributed by atoms with Crippen LogP contribution in [0, 0.1) is 0 Å². The minimum Gasteiger partial charge on any atom is -0.465 e. The summed E-state index contributed by atoms with van der Waals surface area (Å²) in [6.45, 7) is 0.327. The molecular formula is C23H19N3O6S2. The highest BCUT2D eigenvalue weighted by atomic mass is 32.2. The SMILES string of the molecule is COC(=O)c1scc2[nH]c(=O)n(-c3cccc(S(=O)(=O)N4CCCc5ccccc54)c3)c(=O)c12. The number of nitrogens with zero attached hydrogens (tertiary/aromatic N) is 2. The van der Waals surface area contributed by atoms with Gasteiger partial charge in [0.1, 0.15) is 4.88 Å². The lowest BCUT2D eigenvalue weighted by molar-refractivity contribution is 0.0608. The van der Waals surface area contributed by atoms with Crippen molar-refractivity contribution in [2.45, 2.75) is 17.7 Å². The minimum absolute atomic E-state index is 0.00895. The number of methoxy groups -OCH3 is 1. The Morgan fingerprint density at radius 3 is 2.71 bits per heavy atom. The molecule has 0 fully saturated rings. The summed E-state index contributed by atoms with van der Waals surface area (Å²) in [6, 6.07) is 13.0. The number of fused-ring (bicyclic) bond motifs is 2. The Balaban J connectivity index is 1.66. The van der Waals surface area contributed by atoms with Crippen LogP contribution in [0.3, 0.4) is 0 Å². The van der Waals surface area contributed by atoms with E-state index in [2.05, 4.69) is 4.98 Å². The maximum absolute atomic E-state index is 13.5. The van der Waals surface area contributed by atoms with Crippen LogP contribution in [-0.2, 0) is 21.2 Å². The van der Waals surface area contributed by atoms with Gasteiger partial charge in [-0.2, -0.15) is 0 Å². The van der Waals surface area contributed by atoms with E-state index in [-0.39, 0.29) is 26.4 Å². The summed E-state index contributed by atoms with van der Waals surface area (Å²) in [5, 5.41) is 1.50. The van der Waals surface area contributed by atoms with Crippen molar-refractivity contribution < 1.29 is 17.9 Å². The zero-order valence-corrected chi connectivity index (χ0v) is 19.6. The van der Waals surface area contributed by atoms with Crippen LogP contribution in [0.1, 0.15) is 21.7 Å². The van der Waals surface area contributed by atoms with Crippen molar-refractivity contribution in [2.24, 2.45) is 0 Å². The van der Waals surface area contributed by atoms with Crippen LogP contribution in [0.2, 0.25) is 0 Å². The van der Waals surface area contributed by atoms with E-state index in [0.717, 1.165) is 27.9 Å². The average molecular weight is 498 g/mol. The second-order valence-corrected chi connectivity index (χ2v) is 10.5. The number of rotatable bonds is 4. The van der Waals surface area contributed by atoms with Gasteiger partial charge in [0.05, 0.1) is 34.3 Å². The minimum atomic E-state index is -3.96. The van der Waals surface area contributed by atoms with Crippen LogP contribution in [-0.4, -0.2) is 37.6 Å². The highest BCUT2D eigenvalue weighted by Gasteiger charge is 2.29. The molecule has 5 rings (SSSR count). The second-order valence-electron chi connectivity index (χ2n) is 7.72. The molecule has 9 nitrogen and oxygen atoms in total. The maximum atomic E-state index is 13.5. The number of thiophene rings is 1. The number of esters is 1. The lowest BCUT2D eigenvalue weighted by Crippen LogP contribution is -2.36. The molecule has 0 atom stereocenters. The number of aromatic nitrogens is 2. The smallest absolute Gasteiger partial charge is 0.348 e. The molecule has 174 valence electrons. The molecule has 1 aliphatic heterocycles. The summed E-state index contributed by atoms with van der Waals surface area (Å²) < 4.78 is 34.0. The molecule has 1 aliphatic rings. The Hall–Kier alpha value is -3.70.